The van der Waals surface area contributed by atoms with E-state index in [0.29, 0.717) is 6.04 Å². The first-order valence-corrected chi connectivity index (χ1v) is 6.46. The minimum Gasteiger partial charge on any atom is -0.493 e. The van der Waals surface area contributed by atoms with Crippen LogP contribution in [0.4, 0.5) is 0 Å². The Hall–Kier alpha value is -1.22. The SMILES string of the molecule is COc1ccc(C2CCCCN2)c2c1OCC2. The third-order valence-corrected chi connectivity index (χ3v) is 3.76. The quantitative estimate of drug-likeness (QED) is 0.851. The Kier molecular flexibility index (Phi) is 2.93. The number of nitrogens with one attached hydrogen (secondary N) is 1. The minimum atomic E-state index is 0.505. The fraction of sp³-hybridized carbons (Fsp3) is 0.571. The highest BCUT2D eigenvalue weighted by Gasteiger charge is 2.25. The smallest absolute Gasteiger partial charge is 0.164 e. The standard InChI is InChI=1S/C14H19NO2/c1-16-13-6-5-10(11-7-9-17-14(11)13)12-4-2-3-8-15-12/h5-6,12,15H,2-4,7-9H2,1H3. The van der Waals surface area contributed by atoms with E-state index in [-0.39, 0.29) is 0 Å². The van der Waals surface area contributed by atoms with Crippen LogP contribution in [-0.2, 0) is 6.42 Å². The van der Waals surface area contributed by atoms with Crippen LogP contribution in [0, 0.1) is 0 Å². The molecule has 0 aromatic heterocycles. The van der Waals surface area contributed by atoms with Gasteiger partial charge in [-0.05, 0) is 31.0 Å². The molecule has 1 N–H and O–H groups in total. The van der Waals surface area contributed by atoms with Crippen molar-refractivity contribution in [3.05, 3.63) is 23.3 Å². The average Bonchev–Trinajstić information content (AvgIpc) is 2.88. The van der Waals surface area contributed by atoms with Gasteiger partial charge < -0.3 is 14.8 Å². The highest BCUT2D eigenvalue weighted by Crippen LogP contribution is 2.41. The van der Waals surface area contributed by atoms with Crippen LogP contribution in [0.3, 0.4) is 0 Å². The second kappa shape index (κ2) is 4.57. The number of benzene rings is 1. The maximum Gasteiger partial charge on any atom is 0.164 e. The Morgan fingerprint density at radius 3 is 3.06 bits per heavy atom. The third-order valence-electron chi connectivity index (χ3n) is 3.76. The molecular weight excluding hydrogens is 214 g/mol. The van der Waals surface area contributed by atoms with Crippen LogP contribution in [-0.4, -0.2) is 20.3 Å². The van der Waals surface area contributed by atoms with Crippen LogP contribution in [0.25, 0.3) is 0 Å². The average molecular weight is 233 g/mol. The van der Waals surface area contributed by atoms with Gasteiger partial charge in [0.1, 0.15) is 0 Å². The van der Waals surface area contributed by atoms with Crippen molar-refractivity contribution < 1.29 is 9.47 Å². The largest absolute Gasteiger partial charge is 0.493 e. The molecule has 1 aromatic carbocycles. The molecule has 1 atom stereocenters. The lowest BCUT2D eigenvalue weighted by Gasteiger charge is -2.25. The number of rotatable bonds is 2. The van der Waals surface area contributed by atoms with Gasteiger partial charge in [-0.15, -0.1) is 0 Å². The lowest BCUT2D eigenvalue weighted by molar-refractivity contribution is 0.326. The first-order valence-electron chi connectivity index (χ1n) is 6.46. The van der Waals surface area contributed by atoms with E-state index in [0.717, 1.165) is 31.1 Å². The van der Waals surface area contributed by atoms with E-state index in [1.165, 1.54) is 30.4 Å². The predicted molar refractivity (Wildman–Crippen MR) is 66.8 cm³/mol. The normalized spacial score (nSPS) is 23.0. The van der Waals surface area contributed by atoms with Gasteiger partial charge in [0.15, 0.2) is 11.5 Å². The van der Waals surface area contributed by atoms with Crippen LogP contribution < -0.4 is 14.8 Å². The van der Waals surface area contributed by atoms with Crippen LogP contribution >= 0.6 is 0 Å². The number of methoxy groups -OCH3 is 1. The van der Waals surface area contributed by atoms with Crippen molar-refractivity contribution in [1.82, 2.24) is 5.32 Å². The van der Waals surface area contributed by atoms with Crippen LogP contribution in [0.15, 0.2) is 12.1 Å². The first kappa shape index (κ1) is 10.9. The van der Waals surface area contributed by atoms with Gasteiger partial charge in [0.05, 0.1) is 13.7 Å². The van der Waals surface area contributed by atoms with E-state index in [1.807, 2.05) is 6.07 Å². The van der Waals surface area contributed by atoms with E-state index in [1.54, 1.807) is 7.11 Å². The lowest BCUT2D eigenvalue weighted by atomic mass is 9.92. The van der Waals surface area contributed by atoms with Crippen molar-refractivity contribution in [2.24, 2.45) is 0 Å². The number of ether oxygens (including phenoxy) is 2. The molecule has 0 aliphatic carbocycles. The molecule has 3 heteroatoms. The summed E-state index contributed by atoms with van der Waals surface area (Å²) in [6, 6.07) is 4.75. The highest BCUT2D eigenvalue weighted by atomic mass is 16.5. The summed E-state index contributed by atoms with van der Waals surface area (Å²) in [5.41, 5.74) is 2.77. The zero-order valence-corrected chi connectivity index (χ0v) is 10.3. The summed E-state index contributed by atoms with van der Waals surface area (Å²) < 4.78 is 11.1. The van der Waals surface area contributed by atoms with Crippen LogP contribution in [0.2, 0.25) is 0 Å². The zero-order valence-electron chi connectivity index (χ0n) is 10.3. The van der Waals surface area contributed by atoms with Crippen molar-refractivity contribution in [3.8, 4) is 11.5 Å². The Labute approximate surface area is 102 Å². The molecule has 0 amide bonds. The Balaban J connectivity index is 1.97. The molecule has 3 rings (SSSR count). The molecule has 0 radical (unpaired) electrons. The summed E-state index contributed by atoms with van der Waals surface area (Å²) in [5.74, 6) is 1.84. The number of piperidine rings is 1. The van der Waals surface area contributed by atoms with Gasteiger partial charge in [0.25, 0.3) is 0 Å². The molecule has 17 heavy (non-hydrogen) atoms. The van der Waals surface area contributed by atoms with Crippen molar-refractivity contribution in [3.63, 3.8) is 0 Å². The molecule has 2 heterocycles. The van der Waals surface area contributed by atoms with E-state index in [9.17, 15) is 0 Å². The second-order valence-electron chi connectivity index (χ2n) is 4.77. The summed E-state index contributed by atoms with van der Waals surface area (Å²) in [4.78, 5) is 0. The minimum absolute atomic E-state index is 0.505. The lowest BCUT2D eigenvalue weighted by Crippen LogP contribution is -2.27. The molecule has 1 saturated heterocycles. The van der Waals surface area contributed by atoms with Crippen LogP contribution in [0.5, 0.6) is 11.5 Å². The van der Waals surface area contributed by atoms with E-state index in [2.05, 4.69) is 11.4 Å². The van der Waals surface area contributed by atoms with Gasteiger partial charge in [-0.25, -0.2) is 0 Å². The van der Waals surface area contributed by atoms with E-state index < -0.39 is 0 Å². The van der Waals surface area contributed by atoms with E-state index in [4.69, 9.17) is 9.47 Å². The van der Waals surface area contributed by atoms with Crippen molar-refractivity contribution >= 4 is 0 Å². The Morgan fingerprint density at radius 1 is 1.35 bits per heavy atom. The predicted octanol–water partition coefficient (Wildman–Crippen LogP) is 2.44. The molecule has 0 spiro atoms. The number of hydrogen-bond acceptors (Lipinski definition) is 3. The molecule has 0 bridgehead atoms. The monoisotopic (exact) mass is 233 g/mol. The van der Waals surface area contributed by atoms with Gasteiger partial charge in [-0.1, -0.05) is 12.5 Å². The van der Waals surface area contributed by atoms with E-state index >= 15 is 0 Å². The molecule has 3 nitrogen and oxygen atoms in total. The molecular formula is C14H19NO2. The maximum absolute atomic E-state index is 5.70. The summed E-state index contributed by atoms with van der Waals surface area (Å²) in [6.07, 6.45) is 4.86. The van der Waals surface area contributed by atoms with Crippen LogP contribution in [0.1, 0.15) is 36.4 Å². The second-order valence-corrected chi connectivity index (χ2v) is 4.77. The summed E-state index contributed by atoms with van der Waals surface area (Å²) in [5, 5.41) is 3.61. The fourth-order valence-corrected chi connectivity index (χ4v) is 2.90. The Bertz CT molecular complexity index is 411. The molecule has 1 fully saturated rings. The van der Waals surface area contributed by atoms with Gasteiger partial charge in [0.2, 0.25) is 0 Å². The first-order chi connectivity index (χ1) is 8.40. The molecule has 1 unspecified atom stereocenters. The third kappa shape index (κ3) is 1.89. The molecule has 92 valence electrons. The summed E-state index contributed by atoms with van der Waals surface area (Å²) in [7, 11) is 1.70. The van der Waals surface area contributed by atoms with Crippen molar-refractivity contribution in [2.45, 2.75) is 31.7 Å². The number of hydrogen-bond donors (Lipinski definition) is 1. The molecule has 2 aliphatic heterocycles. The summed E-state index contributed by atoms with van der Waals surface area (Å²) >= 11 is 0. The van der Waals surface area contributed by atoms with Gasteiger partial charge in [0, 0.05) is 18.0 Å². The maximum atomic E-state index is 5.70. The van der Waals surface area contributed by atoms with Crippen molar-refractivity contribution in [2.75, 3.05) is 20.3 Å². The topological polar surface area (TPSA) is 30.5 Å². The molecule has 0 saturated carbocycles. The van der Waals surface area contributed by atoms with Gasteiger partial charge in [-0.3, -0.25) is 0 Å². The van der Waals surface area contributed by atoms with Crippen molar-refractivity contribution in [1.29, 1.82) is 0 Å². The zero-order chi connectivity index (χ0) is 11.7. The van der Waals surface area contributed by atoms with Gasteiger partial charge >= 0.3 is 0 Å². The highest BCUT2D eigenvalue weighted by molar-refractivity contribution is 5.53. The Morgan fingerprint density at radius 2 is 2.29 bits per heavy atom. The number of fused-ring (bicyclic) bond motifs is 1. The van der Waals surface area contributed by atoms with Gasteiger partial charge in [-0.2, -0.15) is 0 Å². The molecule has 2 aliphatic rings. The fourth-order valence-electron chi connectivity index (χ4n) is 2.90. The summed E-state index contributed by atoms with van der Waals surface area (Å²) in [6.45, 7) is 1.92. The molecule has 1 aromatic rings.